The molecule has 1 aliphatic rings. The lowest BCUT2D eigenvalue weighted by molar-refractivity contribution is 0.0401. The Morgan fingerprint density at radius 2 is 2.00 bits per heavy atom. The summed E-state index contributed by atoms with van der Waals surface area (Å²) in [6.07, 6.45) is 0.629. The molecule has 1 heterocycles. The summed E-state index contributed by atoms with van der Waals surface area (Å²) in [4.78, 5) is -0.888. The van der Waals surface area contributed by atoms with Crippen LogP contribution in [0.15, 0.2) is 17.0 Å². The van der Waals surface area contributed by atoms with Crippen LogP contribution in [0.3, 0.4) is 0 Å². The normalized spacial score (nSPS) is 23.7. The number of methoxy groups -OCH3 is 1. The van der Waals surface area contributed by atoms with E-state index in [-0.39, 0.29) is 19.2 Å². The van der Waals surface area contributed by atoms with Gasteiger partial charge in [0.2, 0.25) is 10.0 Å². The summed E-state index contributed by atoms with van der Waals surface area (Å²) in [6, 6.07) is 0.722. The van der Waals surface area contributed by atoms with Gasteiger partial charge in [-0.1, -0.05) is 0 Å². The van der Waals surface area contributed by atoms with E-state index in [4.69, 9.17) is 10.5 Å². The molecule has 1 fully saturated rings. The average Bonchev–Trinajstić information content (AvgIpc) is 2.51. The van der Waals surface area contributed by atoms with Crippen LogP contribution in [0.25, 0.3) is 0 Å². The summed E-state index contributed by atoms with van der Waals surface area (Å²) in [6.45, 7) is 0.0888. The van der Waals surface area contributed by atoms with E-state index in [1.54, 1.807) is 0 Å². The van der Waals surface area contributed by atoms with E-state index in [0.29, 0.717) is 18.9 Å². The maximum atomic E-state index is 13.8. The molecule has 0 bridgehead atoms. The van der Waals surface area contributed by atoms with Crippen LogP contribution in [0.1, 0.15) is 12.8 Å². The zero-order chi connectivity index (χ0) is 16.5. The van der Waals surface area contributed by atoms with Gasteiger partial charge in [-0.25, -0.2) is 21.6 Å². The second kappa shape index (κ2) is 6.53. The van der Waals surface area contributed by atoms with Crippen LogP contribution < -0.4 is 5.73 Å². The summed E-state index contributed by atoms with van der Waals surface area (Å²) in [5, 5.41) is 0. The molecule has 0 radical (unpaired) electrons. The quantitative estimate of drug-likeness (QED) is 0.838. The Morgan fingerprint density at radius 3 is 2.59 bits per heavy atom. The zero-order valence-corrected chi connectivity index (χ0v) is 12.7. The van der Waals surface area contributed by atoms with E-state index >= 15 is 0 Å². The van der Waals surface area contributed by atoms with Crippen molar-refractivity contribution >= 4 is 10.0 Å². The van der Waals surface area contributed by atoms with Gasteiger partial charge in [-0.3, -0.25) is 0 Å². The first-order valence-corrected chi connectivity index (χ1v) is 8.15. The second-order valence-electron chi connectivity index (χ2n) is 5.06. The lowest BCUT2D eigenvalue weighted by Gasteiger charge is -2.37. The van der Waals surface area contributed by atoms with Crippen LogP contribution >= 0.6 is 0 Å². The van der Waals surface area contributed by atoms with Crippen LogP contribution in [0, 0.1) is 17.5 Å². The maximum Gasteiger partial charge on any atom is 0.246 e. The van der Waals surface area contributed by atoms with Crippen molar-refractivity contribution in [2.45, 2.75) is 29.9 Å². The molecule has 1 aliphatic heterocycles. The first-order valence-electron chi connectivity index (χ1n) is 6.71. The molecule has 2 rings (SSSR count). The van der Waals surface area contributed by atoms with Gasteiger partial charge in [-0.15, -0.1) is 0 Å². The van der Waals surface area contributed by atoms with Gasteiger partial charge in [-0.2, -0.15) is 4.31 Å². The van der Waals surface area contributed by atoms with E-state index < -0.39 is 38.4 Å². The number of ether oxygens (including phenoxy) is 1. The minimum Gasteiger partial charge on any atom is -0.381 e. The highest BCUT2D eigenvalue weighted by Crippen LogP contribution is 2.29. The van der Waals surface area contributed by atoms with Crippen LogP contribution in [0.2, 0.25) is 0 Å². The monoisotopic (exact) mass is 338 g/mol. The Balaban J connectivity index is 2.40. The Labute approximate surface area is 126 Å². The Bertz CT molecular complexity index is 654. The number of hydrogen-bond donors (Lipinski definition) is 1. The second-order valence-corrected chi connectivity index (χ2v) is 6.92. The number of benzene rings is 1. The molecular weight excluding hydrogens is 321 g/mol. The molecule has 2 unspecified atom stereocenters. The summed E-state index contributed by atoms with van der Waals surface area (Å²) < 4.78 is 71.4. The van der Waals surface area contributed by atoms with Crippen molar-refractivity contribution in [1.82, 2.24) is 4.31 Å². The predicted molar refractivity (Wildman–Crippen MR) is 73.1 cm³/mol. The summed E-state index contributed by atoms with van der Waals surface area (Å²) >= 11 is 0. The SMILES string of the molecule is COC1CCN(S(=O)(=O)c2ccc(F)c(F)c2F)C(CN)C1. The van der Waals surface area contributed by atoms with E-state index in [2.05, 4.69) is 0 Å². The standard InChI is InChI=1S/C13H17F3N2O3S/c1-21-9-4-5-18(8(6-9)7-17)22(19,20)11-3-2-10(14)12(15)13(11)16/h2-3,8-9H,4-7,17H2,1H3. The third-order valence-corrected chi connectivity index (χ3v) is 5.77. The Morgan fingerprint density at radius 1 is 1.32 bits per heavy atom. The van der Waals surface area contributed by atoms with E-state index in [9.17, 15) is 21.6 Å². The molecule has 1 aromatic rings. The molecule has 9 heteroatoms. The van der Waals surface area contributed by atoms with Crippen molar-refractivity contribution in [2.24, 2.45) is 5.73 Å². The third kappa shape index (κ3) is 2.98. The fourth-order valence-electron chi connectivity index (χ4n) is 2.57. The first kappa shape index (κ1) is 17.2. The fraction of sp³-hybridized carbons (Fsp3) is 0.538. The molecule has 2 atom stereocenters. The van der Waals surface area contributed by atoms with Crippen LogP contribution in [-0.2, 0) is 14.8 Å². The number of sulfonamides is 1. The van der Waals surface area contributed by atoms with Gasteiger partial charge in [0.1, 0.15) is 4.90 Å². The third-order valence-electron chi connectivity index (χ3n) is 3.81. The molecule has 1 aromatic carbocycles. The van der Waals surface area contributed by atoms with Crippen molar-refractivity contribution < 1.29 is 26.3 Å². The van der Waals surface area contributed by atoms with Crippen LogP contribution in [0.4, 0.5) is 13.2 Å². The van der Waals surface area contributed by atoms with Crippen molar-refractivity contribution in [1.29, 1.82) is 0 Å². The number of halogens is 3. The van der Waals surface area contributed by atoms with E-state index in [0.717, 1.165) is 10.4 Å². The van der Waals surface area contributed by atoms with Gasteiger partial charge in [-0.05, 0) is 25.0 Å². The maximum absolute atomic E-state index is 13.8. The molecule has 0 aliphatic carbocycles. The van der Waals surface area contributed by atoms with Gasteiger partial charge in [0.05, 0.1) is 6.10 Å². The molecule has 124 valence electrons. The zero-order valence-electron chi connectivity index (χ0n) is 11.9. The molecule has 5 nitrogen and oxygen atoms in total. The number of nitrogens with zero attached hydrogens (tertiary/aromatic N) is 1. The number of piperidine rings is 1. The predicted octanol–water partition coefficient (Wildman–Crippen LogP) is 1.23. The Hall–Kier alpha value is -1.16. The number of hydrogen-bond acceptors (Lipinski definition) is 4. The number of nitrogens with two attached hydrogens (primary N) is 1. The van der Waals surface area contributed by atoms with Crippen LogP contribution in [0.5, 0.6) is 0 Å². The molecular formula is C13H17F3N2O3S. The first-order chi connectivity index (χ1) is 10.3. The fourth-order valence-corrected chi connectivity index (χ4v) is 4.29. The highest BCUT2D eigenvalue weighted by Gasteiger charge is 2.38. The summed E-state index contributed by atoms with van der Waals surface area (Å²) in [5.41, 5.74) is 5.59. The van der Waals surface area contributed by atoms with Crippen molar-refractivity contribution in [3.05, 3.63) is 29.6 Å². The summed E-state index contributed by atoms with van der Waals surface area (Å²) in [5.74, 6) is -4.97. The molecule has 0 spiro atoms. The minimum atomic E-state index is -4.31. The van der Waals surface area contributed by atoms with Gasteiger partial charge in [0.15, 0.2) is 17.5 Å². The van der Waals surface area contributed by atoms with E-state index in [1.165, 1.54) is 7.11 Å². The average molecular weight is 338 g/mol. The van der Waals surface area contributed by atoms with E-state index in [1.807, 2.05) is 0 Å². The molecule has 22 heavy (non-hydrogen) atoms. The van der Waals surface area contributed by atoms with Crippen LogP contribution in [-0.4, -0.2) is 45.1 Å². The van der Waals surface area contributed by atoms with Gasteiger partial charge < -0.3 is 10.5 Å². The molecule has 0 saturated carbocycles. The molecule has 0 aromatic heterocycles. The van der Waals surface area contributed by atoms with Gasteiger partial charge >= 0.3 is 0 Å². The smallest absolute Gasteiger partial charge is 0.246 e. The molecule has 2 N–H and O–H groups in total. The minimum absolute atomic E-state index is 0.0182. The van der Waals surface area contributed by atoms with Gasteiger partial charge in [0, 0.05) is 26.2 Å². The highest BCUT2D eigenvalue weighted by molar-refractivity contribution is 7.89. The largest absolute Gasteiger partial charge is 0.381 e. The number of rotatable bonds is 4. The topological polar surface area (TPSA) is 72.6 Å². The Kier molecular flexibility index (Phi) is 5.10. The van der Waals surface area contributed by atoms with Crippen molar-refractivity contribution in [3.63, 3.8) is 0 Å². The van der Waals surface area contributed by atoms with Crippen molar-refractivity contribution in [2.75, 3.05) is 20.2 Å². The lowest BCUT2D eigenvalue weighted by Crippen LogP contribution is -2.51. The lowest BCUT2D eigenvalue weighted by atomic mass is 10.0. The van der Waals surface area contributed by atoms with Gasteiger partial charge in [0.25, 0.3) is 0 Å². The molecule has 0 amide bonds. The van der Waals surface area contributed by atoms with Crippen molar-refractivity contribution in [3.8, 4) is 0 Å². The summed E-state index contributed by atoms with van der Waals surface area (Å²) in [7, 11) is -2.80. The molecule has 1 saturated heterocycles. The highest BCUT2D eigenvalue weighted by atomic mass is 32.2.